The van der Waals surface area contributed by atoms with Crippen LogP contribution in [0.15, 0.2) is 76.1 Å². The standard InChI is InChI=1S/C33H36F2N6O8S2/c1-33(2,3)49-32(42)39-50(4,45)20-21-15-23-18-24(16-21)48-14-8-7-13-40(51(46,47)29-10-6-5-9-27(29)41(43)44)28-17-22(11-12-25(28)34)30-26(35)19-36-31(37-23)38-30/h5-6,9-12,15-19,41,43H,7-8,13-14,20H2,1-4H3,(H,36,37,38). The first-order chi connectivity index (χ1) is 23.9. The number of aromatic nitrogens is 2. The molecule has 2 atom stereocenters. The first-order valence-corrected chi connectivity index (χ1v) is 19.1. The molecule has 1 aliphatic rings. The molecule has 0 saturated heterocycles. The molecule has 18 heteroatoms. The molecule has 1 aromatic heterocycles. The molecule has 51 heavy (non-hydrogen) atoms. The molecule has 0 fully saturated rings. The summed E-state index contributed by atoms with van der Waals surface area (Å²) in [4.78, 5) is 20.0. The number of amides is 1. The number of nitrogens with one attached hydrogen (secondary N) is 2. The second kappa shape index (κ2) is 14.8. The van der Waals surface area contributed by atoms with Crippen molar-refractivity contribution in [1.29, 1.82) is 0 Å². The van der Waals surface area contributed by atoms with Gasteiger partial charge in [0.05, 0.1) is 34.0 Å². The van der Waals surface area contributed by atoms with Crippen molar-refractivity contribution in [2.75, 3.05) is 29.0 Å². The highest BCUT2D eigenvalue weighted by Gasteiger charge is 2.32. The molecule has 2 heterocycles. The van der Waals surface area contributed by atoms with Crippen molar-refractivity contribution in [1.82, 2.24) is 9.97 Å². The zero-order valence-corrected chi connectivity index (χ0v) is 29.7. The lowest BCUT2D eigenvalue weighted by molar-refractivity contribution is -0.992. The molecule has 3 aromatic carbocycles. The Bertz CT molecular complexity index is 2190. The number of hydrogen-bond acceptors (Lipinski definition) is 11. The van der Waals surface area contributed by atoms with Gasteiger partial charge in [-0.2, -0.15) is 5.23 Å². The van der Waals surface area contributed by atoms with Crippen molar-refractivity contribution >= 4 is 48.9 Å². The second-order valence-corrected chi connectivity index (χ2v) is 16.9. The number of nitrogens with zero attached hydrogens (tertiary/aromatic N) is 4. The number of ether oxygens (including phenoxy) is 2. The van der Waals surface area contributed by atoms with Crippen LogP contribution in [-0.2, 0) is 30.2 Å². The number of halogens is 2. The Hall–Kier alpha value is -4.75. The van der Waals surface area contributed by atoms with Gasteiger partial charge in [0.25, 0.3) is 10.0 Å². The zero-order valence-electron chi connectivity index (χ0n) is 28.1. The van der Waals surface area contributed by atoms with E-state index in [1.807, 2.05) is 0 Å². The molecule has 0 radical (unpaired) electrons. The van der Waals surface area contributed by atoms with Crippen LogP contribution in [0.25, 0.3) is 11.3 Å². The van der Waals surface area contributed by atoms with Crippen LogP contribution in [0.5, 0.6) is 5.75 Å². The van der Waals surface area contributed by atoms with Crippen molar-refractivity contribution in [3.8, 4) is 17.0 Å². The SMILES string of the molecule is CC(C)(C)OC(=O)N=S(C)(=O)Cc1cc2cc(c1)OCCCCN(S(=O)(=O)c1ccccc1[NH+]([O-])O)c1cc(ccc1F)-c1nc(ncc1F)N2. The molecule has 0 aliphatic carbocycles. The fraction of sp³-hybridized carbons (Fsp3) is 0.303. The number of sulfonamides is 1. The molecule has 4 aromatic rings. The number of hydrogen-bond donors (Lipinski definition) is 3. The lowest BCUT2D eigenvalue weighted by Gasteiger charge is -2.27. The van der Waals surface area contributed by atoms with Gasteiger partial charge >= 0.3 is 6.09 Å². The van der Waals surface area contributed by atoms with Crippen molar-refractivity contribution in [2.24, 2.45) is 4.36 Å². The van der Waals surface area contributed by atoms with E-state index in [2.05, 4.69) is 19.6 Å². The summed E-state index contributed by atoms with van der Waals surface area (Å²) in [7, 11) is -7.81. The Morgan fingerprint density at radius 3 is 2.57 bits per heavy atom. The molecule has 272 valence electrons. The molecule has 6 bridgehead atoms. The van der Waals surface area contributed by atoms with Gasteiger partial charge in [0.2, 0.25) is 5.95 Å². The minimum atomic E-state index is -4.68. The van der Waals surface area contributed by atoms with Gasteiger partial charge in [0.1, 0.15) is 22.9 Å². The molecule has 14 nitrogen and oxygen atoms in total. The molecular weight excluding hydrogens is 711 g/mol. The van der Waals surface area contributed by atoms with Gasteiger partial charge in [-0.05, 0) is 75.6 Å². The predicted octanol–water partition coefficient (Wildman–Crippen LogP) is 5.47. The zero-order chi connectivity index (χ0) is 37.1. The lowest BCUT2D eigenvalue weighted by Crippen LogP contribution is -2.99. The van der Waals surface area contributed by atoms with Gasteiger partial charge in [-0.3, -0.25) is 4.31 Å². The Kier molecular flexibility index (Phi) is 10.9. The van der Waals surface area contributed by atoms with E-state index in [0.29, 0.717) is 17.0 Å². The van der Waals surface area contributed by atoms with Gasteiger partial charge in [0.15, 0.2) is 16.4 Å². The number of benzene rings is 3. The summed E-state index contributed by atoms with van der Waals surface area (Å²) in [5, 5.41) is 23.2. The van der Waals surface area contributed by atoms with E-state index in [-0.39, 0.29) is 49.0 Å². The highest BCUT2D eigenvalue weighted by Crippen LogP contribution is 2.34. The number of fused-ring (bicyclic) bond motifs is 7. The number of carbonyl (C=O) groups is 1. The third-order valence-corrected chi connectivity index (χ3v) is 10.5. The van der Waals surface area contributed by atoms with E-state index in [9.17, 15) is 27.8 Å². The first-order valence-electron chi connectivity index (χ1n) is 15.6. The number of carbonyl (C=O) groups excluding carboxylic acids is 1. The van der Waals surface area contributed by atoms with Crippen molar-refractivity contribution in [2.45, 2.75) is 49.9 Å². The van der Waals surface area contributed by atoms with Crippen molar-refractivity contribution < 1.29 is 46.1 Å². The summed E-state index contributed by atoms with van der Waals surface area (Å²) >= 11 is 0. The minimum absolute atomic E-state index is 0.0143. The molecule has 5 rings (SSSR count). The van der Waals surface area contributed by atoms with Crippen LogP contribution < -0.4 is 19.6 Å². The maximum Gasteiger partial charge on any atom is 0.442 e. The number of rotatable bonds is 5. The van der Waals surface area contributed by atoms with Crippen LogP contribution >= 0.6 is 0 Å². The Morgan fingerprint density at radius 1 is 1.10 bits per heavy atom. The molecule has 0 spiro atoms. The van der Waals surface area contributed by atoms with Crippen molar-refractivity contribution in [3.05, 3.63) is 89.3 Å². The maximum absolute atomic E-state index is 15.5. The van der Waals surface area contributed by atoms with Gasteiger partial charge in [-0.25, -0.2) is 41.4 Å². The molecular formula is C33H36F2N6O8S2. The summed E-state index contributed by atoms with van der Waals surface area (Å²) in [6.45, 7) is 4.74. The highest BCUT2D eigenvalue weighted by atomic mass is 32.2. The van der Waals surface area contributed by atoms with Crippen molar-refractivity contribution in [3.63, 3.8) is 0 Å². The number of para-hydroxylation sites is 1. The lowest BCUT2D eigenvalue weighted by atomic mass is 10.1. The summed E-state index contributed by atoms with van der Waals surface area (Å²) in [5.41, 5.74) is -1.24. The largest absolute Gasteiger partial charge is 0.595 e. The normalized spacial score (nSPS) is 15.5. The topological polar surface area (TPSA) is 188 Å². The summed E-state index contributed by atoms with van der Waals surface area (Å²) < 4.78 is 87.9. The maximum atomic E-state index is 15.5. The van der Waals surface area contributed by atoms with Crippen LogP contribution in [0, 0.1) is 16.8 Å². The van der Waals surface area contributed by atoms with Gasteiger partial charge in [-0.15, -0.1) is 4.36 Å². The predicted molar refractivity (Wildman–Crippen MR) is 185 cm³/mol. The van der Waals surface area contributed by atoms with Gasteiger partial charge < -0.3 is 20.0 Å². The number of quaternary nitrogens is 1. The van der Waals surface area contributed by atoms with E-state index >= 15 is 8.78 Å². The van der Waals surface area contributed by atoms with Crippen LogP contribution in [-0.4, -0.2) is 58.9 Å². The second-order valence-electron chi connectivity index (χ2n) is 12.7. The molecule has 1 aliphatic heterocycles. The smallest absolute Gasteiger partial charge is 0.442 e. The minimum Gasteiger partial charge on any atom is -0.595 e. The van der Waals surface area contributed by atoms with E-state index in [1.165, 1.54) is 24.5 Å². The molecule has 2 unspecified atom stereocenters. The first kappa shape index (κ1) is 37.5. The van der Waals surface area contributed by atoms with Crippen LogP contribution in [0.2, 0.25) is 0 Å². The molecule has 1 amide bonds. The Balaban J connectivity index is 1.57. The van der Waals surface area contributed by atoms with E-state index < -0.39 is 64.6 Å². The summed E-state index contributed by atoms with van der Waals surface area (Å²) in [5.74, 6) is -1.81. The summed E-state index contributed by atoms with van der Waals surface area (Å²) in [6.07, 6.45) is 1.62. The summed E-state index contributed by atoms with van der Waals surface area (Å²) in [6, 6.07) is 13.1. The number of anilines is 3. The van der Waals surface area contributed by atoms with E-state index in [1.54, 1.807) is 39.0 Å². The highest BCUT2D eigenvalue weighted by molar-refractivity contribution is 7.93. The fourth-order valence-electron chi connectivity index (χ4n) is 5.19. The average molecular weight is 747 g/mol. The van der Waals surface area contributed by atoms with Crippen LogP contribution in [0.4, 0.5) is 36.6 Å². The van der Waals surface area contributed by atoms with Crippen LogP contribution in [0.1, 0.15) is 39.2 Å². The monoisotopic (exact) mass is 746 g/mol. The van der Waals surface area contributed by atoms with Gasteiger partial charge in [-0.1, -0.05) is 12.1 Å². The van der Waals surface area contributed by atoms with E-state index in [0.717, 1.165) is 34.8 Å². The van der Waals surface area contributed by atoms with E-state index in [4.69, 9.17) is 9.47 Å². The third kappa shape index (κ3) is 9.33. The molecule has 3 N–H and O–H groups in total. The Labute approximate surface area is 293 Å². The Morgan fingerprint density at radius 2 is 1.84 bits per heavy atom. The molecule has 0 saturated carbocycles. The average Bonchev–Trinajstić information content (AvgIpc) is 3.02. The quantitative estimate of drug-likeness (QED) is 0.220. The van der Waals surface area contributed by atoms with Gasteiger partial charge in [0, 0.05) is 36.2 Å². The fourth-order valence-corrected chi connectivity index (χ4v) is 8.09. The van der Waals surface area contributed by atoms with Crippen LogP contribution in [0.3, 0.4) is 0 Å². The third-order valence-electron chi connectivity index (χ3n) is 7.26.